The lowest BCUT2D eigenvalue weighted by atomic mass is 10.3. The average molecular weight is 292 g/mol. The highest BCUT2D eigenvalue weighted by Gasteiger charge is 2.07. The molecule has 0 bridgehead atoms. The van der Waals surface area contributed by atoms with Crippen LogP contribution in [0.3, 0.4) is 0 Å². The number of halogens is 2. The molecule has 5 heteroatoms. The molecular formula is C13H19Cl2NO2. The van der Waals surface area contributed by atoms with Crippen molar-refractivity contribution in [2.24, 2.45) is 0 Å². The predicted octanol–water partition coefficient (Wildman–Crippen LogP) is 3.08. The number of para-hydroxylation sites is 1. The summed E-state index contributed by atoms with van der Waals surface area (Å²) in [5.41, 5.74) is 0. The van der Waals surface area contributed by atoms with E-state index in [2.05, 4.69) is 11.8 Å². The second-order valence-electron chi connectivity index (χ2n) is 3.91. The zero-order valence-corrected chi connectivity index (χ0v) is 12.0. The molecule has 0 unspecified atom stereocenters. The SMILES string of the molecule is CCN(CCCO)CCOc1c(Cl)cccc1Cl. The highest BCUT2D eigenvalue weighted by molar-refractivity contribution is 6.37. The molecule has 3 nitrogen and oxygen atoms in total. The summed E-state index contributed by atoms with van der Waals surface area (Å²) in [6.45, 7) is 5.42. The monoisotopic (exact) mass is 291 g/mol. The van der Waals surface area contributed by atoms with Crippen LogP contribution in [0.5, 0.6) is 5.75 Å². The third-order valence-corrected chi connectivity index (χ3v) is 3.25. The van der Waals surface area contributed by atoms with Crippen LogP contribution in [-0.2, 0) is 0 Å². The number of hydrogen-bond donors (Lipinski definition) is 1. The van der Waals surface area contributed by atoms with Crippen molar-refractivity contribution in [2.75, 3.05) is 32.8 Å². The molecule has 0 aromatic heterocycles. The lowest BCUT2D eigenvalue weighted by Crippen LogP contribution is -2.29. The van der Waals surface area contributed by atoms with Crippen LogP contribution in [-0.4, -0.2) is 42.9 Å². The first kappa shape index (κ1) is 15.6. The number of nitrogens with zero attached hydrogens (tertiary/aromatic N) is 1. The molecular weight excluding hydrogens is 273 g/mol. The van der Waals surface area contributed by atoms with Gasteiger partial charge in [0.1, 0.15) is 6.61 Å². The van der Waals surface area contributed by atoms with Gasteiger partial charge in [0.15, 0.2) is 5.75 Å². The molecule has 0 saturated carbocycles. The Morgan fingerprint density at radius 1 is 1.22 bits per heavy atom. The van der Waals surface area contributed by atoms with Gasteiger partial charge in [-0.25, -0.2) is 0 Å². The van der Waals surface area contributed by atoms with E-state index in [0.29, 0.717) is 22.4 Å². The van der Waals surface area contributed by atoms with Crippen LogP contribution >= 0.6 is 23.2 Å². The van der Waals surface area contributed by atoms with E-state index in [1.54, 1.807) is 18.2 Å². The van der Waals surface area contributed by atoms with Crippen LogP contribution in [0.25, 0.3) is 0 Å². The molecule has 0 amide bonds. The maximum absolute atomic E-state index is 8.79. The van der Waals surface area contributed by atoms with Crippen molar-refractivity contribution >= 4 is 23.2 Å². The first-order valence-electron chi connectivity index (χ1n) is 6.09. The number of rotatable bonds is 8. The van der Waals surface area contributed by atoms with E-state index in [0.717, 1.165) is 26.1 Å². The van der Waals surface area contributed by atoms with Gasteiger partial charge in [-0.1, -0.05) is 36.2 Å². The molecule has 102 valence electrons. The third-order valence-electron chi connectivity index (χ3n) is 2.65. The van der Waals surface area contributed by atoms with E-state index in [9.17, 15) is 0 Å². The number of aliphatic hydroxyl groups excluding tert-OH is 1. The smallest absolute Gasteiger partial charge is 0.156 e. The fourth-order valence-corrected chi connectivity index (χ4v) is 2.13. The van der Waals surface area contributed by atoms with E-state index in [4.69, 9.17) is 33.0 Å². The highest BCUT2D eigenvalue weighted by Crippen LogP contribution is 2.32. The van der Waals surface area contributed by atoms with Crippen LogP contribution < -0.4 is 4.74 Å². The molecule has 0 aliphatic rings. The van der Waals surface area contributed by atoms with Gasteiger partial charge in [-0.3, -0.25) is 0 Å². The van der Waals surface area contributed by atoms with Crippen LogP contribution in [0.2, 0.25) is 10.0 Å². The van der Waals surface area contributed by atoms with Gasteiger partial charge in [0, 0.05) is 19.7 Å². The normalized spacial score (nSPS) is 10.9. The molecule has 0 aliphatic heterocycles. The van der Waals surface area contributed by atoms with Crippen molar-refractivity contribution < 1.29 is 9.84 Å². The summed E-state index contributed by atoms with van der Waals surface area (Å²) in [5, 5.41) is 9.85. The maximum Gasteiger partial charge on any atom is 0.156 e. The second kappa shape index (κ2) is 8.59. The zero-order valence-electron chi connectivity index (χ0n) is 10.5. The van der Waals surface area contributed by atoms with E-state index >= 15 is 0 Å². The molecule has 0 heterocycles. The van der Waals surface area contributed by atoms with Crippen LogP contribution in [0.15, 0.2) is 18.2 Å². The lowest BCUT2D eigenvalue weighted by Gasteiger charge is -2.20. The molecule has 1 aromatic rings. The maximum atomic E-state index is 8.79. The Kier molecular flexibility index (Phi) is 7.44. The number of benzene rings is 1. The van der Waals surface area contributed by atoms with E-state index in [1.165, 1.54) is 0 Å². The van der Waals surface area contributed by atoms with Crippen LogP contribution in [0.1, 0.15) is 13.3 Å². The van der Waals surface area contributed by atoms with Crippen molar-refractivity contribution in [3.05, 3.63) is 28.2 Å². The van der Waals surface area contributed by atoms with Crippen molar-refractivity contribution in [3.8, 4) is 5.75 Å². The summed E-state index contributed by atoms with van der Waals surface area (Å²) in [6.07, 6.45) is 0.778. The summed E-state index contributed by atoms with van der Waals surface area (Å²) < 4.78 is 5.61. The van der Waals surface area contributed by atoms with Crippen LogP contribution in [0.4, 0.5) is 0 Å². The number of aliphatic hydroxyl groups is 1. The lowest BCUT2D eigenvalue weighted by molar-refractivity contribution is 0.195. The Morgan fingerprint density at radius 3 is 2.44 bits per heavy atom. The van der Waals surface area contributed by atoms with Crippen molar-refractivity contribution in [1.29, 1.82) is 0 Å². The summed E-state index contributed by atoms with van der Waals surface area (Å²) in [6, 6.07) is 5.30. The van der Waals surface area contributed by atoms with Gasteiger partial charge < -0.3 is 14.7 Å². The van der Waals surface area contributed by atoms with E-state index in [-0.39, 0.29) is 6.61 Å². The fourth-order valence-electron chi connectivity index (χ4n) is 1.62. The summed E-state index contributed by atoms with van der Waals surface area (Å²) in [4.78, 5) is 2.21. The molecule has 0 radical (unpaired) electrons. The molecule has 1 rings (SSSR count). The fraction of sp³-hybridized carbons (Fsp3) is 0.538. The number of likely N-dealkylation sites (N-methyl/N-ethyl adjacent to an activating group) is 1. The Labute approximate surface area is 118 Å². The summed E-state index contributed by atoms with van der Waals surface area (Å²) in [5.74, 6) is 0.541. The Bertz CT molecular complexity index is 341. The minimum Gasteiger partial charge on any atom is -0.489 e. The topological polar surface area (TPSA) is 32.7 Å². The Hall–Kier alpha value is -0.480. The molecule has 0 saturated heterocycles. The summed E-state index contributed by atoms with van der Waals surface area (Å²) in [7, 11) is 0. The van der Waals surface area contributed by atoms with Gasteiger partial charge in [-0.05, 0) is 25.1 Å². The third kappa shape index (κ3) is 5.02. The molecule has 0 spiro atoms. The van der Waals surface area contributed by atoms with E-state index in [1.807, 2.05) is 0 Å². The Morgan fingerprint density at radius 2 is 1.89 bits per heavy atom. The molecule has 1 N–H and O–H groups in total. The van der Waals surface area contributed by atoms with Crippen molar-refractivity contribution in [2.45, 2.75) is 13.3 Å². The van der Waals surface area contributed by atoms with Gasteiger partial charge in [-0.2, -0.15) is 0 Å². The van der Waals surface area contributed by atoms with Gasteiger partial charge in [0.25, 0.3) is 0 Å². The minimum absolute atomic E-state index is 0.216. The first-order valence-corrected chi connectivity index (χ1v) is 6.84. The average Bonchev–Trinajstić information content (AvgIpc) is 2.36. The van der Waals surface area contributed by atoms with Crippen LogP contribution in [0, 0.1) is 0 Å². The first-order chi connectivity index (χ1) is 8.69. The quantitative estimate of drug-likeness (QED) is 0.799. The highest BCUT2D eigenvalue weighted by atomic mass is 35.5. The molecule has 0 atom stereocenters. The van der Waals surface area contributed by atoms with Gasteiger partial charge in [-0.15, -0.1) is 0 Å². The molecule has 0 fully saturated rings. The van der Waals surface area contributed by atoms with Crippen molar-refractivity contribution in [3.63, 3.8) is 0 Å². The molecule has 0 aliphatic carbocycles. The standard InChI is InChI=1S/C13H19Cl2NO2/c1-2-16(7-4-9-17)8-10-18-13-11(14)5-3-6-12(13)15/h3,5-6,17H,2,4,7-10H2,1H3. The van der Waals surface area contributed by atoms with E-state index < -0.39 is 0 Å². The number of hydrogen-bond acceptors (Lipinski definition) is 3. The van der Waals surface area contributed by atoms with Gasteiger partial charge in [0.05, 0.1) is 10.0 Å². The summed E-state index contributed by atoms with van der Waals surface area (Å²) >= 11 is 12.0. The van der Waals surface area contributed by atoms with Gasteiger partial charge >= 0.3 is 0 Å². The molecule has 1 aromatic carbocycles. The Balaban J connectivity index is 2.40. The predicted molar refractivity (Wildman–Crippen MR) is 75.8 cm³/mol. The minimum atomic E-state index is 0.216. The van der Waals surface area contributed by atoms with Gasteiger partial charge in [0.2, 0.25) is 0 Å². The zero-order chi connectivity index (χ0) is 13.4. The number of ether oxygens (including phenoxy) is 1. The largest absolute Gasteiger partial charge is 0.489 e. The molecule has 18 heavy (non-hydrogen) atoms. The van der Waals surface area contributed by atoms with Crippen molar-refractivity contribution in [1.82, 2.24) is 4.90 Å². The second-order valence-corrected chi connectivity index (χ2v) is 4.73.